The summed E-state index contributed by atoms with van der Waals surface area (Å²) in [6.07, 6.45) is 0.558. The van der Waals surface area contributed by atoms with E-state index in [1.165, 1.54) is 23.7 Å². The fourth-order valence-electron chi connectivity index (χ4n) is 3.11. The second kappa shape index (κ2) is 9.16. The Morgan fingerprint density at radius 1 is 1.07 bits per heavy atom. The minimum atomic E-state index is -0.258. The van der Waals surface area contributed by atoms with Crippen molar-refractivity contribution in [3.05, 3.63) is 69.7 Å². The summed E-state index contributed by atoms with van der Waals surface area (Å²) in [5.41, 5.74) is 1.57. The molecule has 10 heteroatoms. The molecule has 2 amide bonds. The standard InChI is InChI=1S/C20H18Cl2FN5OS/c21-16-6-5-15(12-17(16)22)24-19(29)27-7-9-28(10-8-27)20-25-18(26-30-20)11-13-1-3-14(23)4-2-13/h1-6,12H,7-11H2,(H,24,29). The van der Waals surface area contributed by atoms with Crippen molar-refractivity contribution in [3.8, 4) is 0 Å². The van der Waals surface area contributed by atoms with E-state index in [0.29, 0.717) is 54.2 Å². The second-order valence-corrected chi connectivity index (χ2v) is 8.37. The van der Waals surface area contributed by atoms with Gasteiger partial charge in [-0.05, 0) is 35.9 Å². The molecule has 0 radical (unpaired) electrons. The van der Waals surface area contributed by atoms with Crippen LogP contribution in [0, 0.1) is 5.82 Å². The summed E-state index contributed by atoms with van der Waals surface area (Å²) >= 11 is 13.2. The van der Waals surface area contributed by atoms with Gasteiger partial charge < -0.3 is 15.1 Å². The van der Waals surface area contributed by atoms with Crippen molar-refractivity contribution in [2.75, 3.05) is 36.4 Å². The molecule has 6 nitrogen and oxygen atoms in total. The van der Waals surface area contributed by atoms with Crippen LogP contribution in [0.3, 0.4) is 0 Å². The Bertz CT molecular complexity index is 1040. The van der Waals surface area contributed by atoms with Crippen molar-refractivity contribution in [3.63, 3.8) is 0 Å². The molecule has 1 aliphatic rings. The number of halogens is 3. The number of benzene rings is 2. The SMILES string of the molecule is O=C(Nc1ccc(Cl)c(Cl)c1)N1CCN(c2nc(Cc3ccc(F)cc3)ns2)CC1. The van der Waals surface area contributed by atoms with Gasteiger partial charge in [0, 0.05) is 49.8 Å². The molecule has 4 rings (SSSR count). The Labute approximate surface area is 187 Å². The van der Waals surface area contributed by atoms with Crippen LogP contribution in [0.2, 0.25) is 10.0 Å². The average molecular weight is 466 g/mol. The van der Waals surface area contributed by atoms with E-state index in [0.717, 1.165) is 10.7 Å². The maximum atomic E-state index is 13.0. The number of nitrogens with one attached hydrogen (secondary N) is 1. The first kappa shape index (κ1) is 20.8. The zero-order chi connectivity index (χ0) is 21.1. The first-order valence-corrected chi connectivity index (χ1v) is 10.8. The molecule has 1 fully saturated rings. The monoisotopic (exact) mass is 465 g/mol. The molecule has 2 aromatic carbocycles. The van der Waals surface area contributed by atoms with Gasteiger partial charge in [0.1, 0.15) is 11.6 Å². The van der Waals surface area contributed by atoms with Crippen LogP contribution >= 0.6 is 34.7 Å². The second-order valence-electron chi connectivity index (χ2n) is 6.83. The van der Waals surface area contributed by atoms with Crippen LogP contribution in [0.4, 0.5) is 20.0 Å². The Hall–Kier alpha value is -2.42. The van der Waals surface area contributed by atoms with Gasteiger partial charge in [0.25, 0.3) is 0 Å². The zero-order valence-corrected chi connectivity index (χ0v) is 18.1. The summed E-state index contributed by atoms with van der Waals surface area (Å²) in [5.74, 6) is 0.452. The van der Waals surface area contributed by atoms with Gasteiger partial charge in [0.05, 0.1) is 10.0 Å². The molecule has 156 valence electrons. The minimum absolute atomic E-state index is 0.178. The predicted molar refractivity (Wildman–Crippen MR) is 118 cm³/mol. The fraction of sp³-hybridized carbons (Fsp3) is 0.250. The lowest BCUT2D eigenvalue weighted by Gasteiger charge is -2.34. The van der Waals surface area contributed by atoms with E-state index in [1.807, 2.05) is 0 Å². The van der Waals surface area contributed by atoms with Crippen molar-refractivity contribution in [1.29, 1.82) is 0 Å². The lowest BCUT2D eigenvalue weighted by Crippen LogP contribution is -2.50. The molecule has 0 bridgehead atoms. The number of amides is 2. The molecule has 0 aliphatic carbocycles. The molecule has 2 heterocycles. The van der Waals surface area contributed by atoms with E-state index in [2.05, 4.69) is 19.6 Å². The Balaban J connectivity index is 1.31. The molecule has 0 spiro atoms. The van der Waals surface area contributed by atoms with Crippen LogP contribution in [0.25, 0.3) is 0 Å². The Morgan fingerprint density at radius 3 is 2.50 bits per heavy atom. The highest BCUT2D eigenvalue weighted by Crippen LogP contribution is 2.25. The summed E-state index contributed by atoms with van der Waals surface area (Å²) in [6, 6.07) is 11.2. The van der Waals surface area contributed by atoms with E-state index in [4.69, 9.17) is 23.2 Å². The number of rotatable bonds is 4. The summed E-state index contributed by atoms with van der Waals surface area (Å²) < 4.78 is 17.5. The molecule has 0 unspecified atom stereocenters. The Kier molecular flexibility index (Phi) is 6.36. The highest BCUT2D eigenvalue weighted by molar-refractivity contribution is 7.09. The number of urea groups is 1. The lowest BCUT2D eigenvalue weighted by atomic mass is 10.1. The van der Waals surface area contributed by atoms with E-state index < -0.39 is 0 Å². The number of hydrogen-bond donors (Lipinski definition) is 1. The fourth-order valence-corrected chi connectivity index (χ4v) is 4.14. The zero-order valence-electron chi connectivity index (χ0n) is 15.8. The van der Waals surface area contributed by atoms with Gasteiger partial charge in [-0.3, -0.25) is 0 Å². The van der Waals surface area contributed by atoms with E-state index in [9.17, 15) is 9.18 Å². The third-order valence-electron chi connectivity index (χ3n) is 4.74. The molecule has 1 N–H and O–H groups in total. The summed E-state index contributed by atoms with van der Waals surface area (Å²) in [5, 5.41) is 4.51. The van der Waals surface area contributed by atoms with Crippen molar-refractivity contribution in [1.82, 2.24) is 14.3 Å². The maximum Gasteiger partial charge on any atom is 0.321 e. The molecule has 0 atom stereocenters. The minimum Gasteiger partial charge on any atom is -0.343 e. The third kappa shape index (κ3) is 5.00. The van der Waals surface area contributed by atoms with Crippen molar-refractivity contribution in [2.45, 2.75) is 6.42 Å². The summed E-state index contributed by atoms with van der Waals surface area (Å²) in [7, 11) is 0. The topological polar surface area (TPSA) is 61.4 Å². The number of carbonyl (C=O) groups is 1. The van der Waals surface area contributed by atoms with Gasteiger partial charge in [-0.2, -0.15) is 4.37 Å². The normalized spacial score (nSPS) is 14.1. The quantitative estimate of drug-likeness (QED) is 0.593. The number of hydrogen-bond acceptors (Lipinski definition) is 5. The number of anilines is 2. The third-order valence-corrected chi connectivity index (χ3v) is 6.29. The molecule has 30 heavy (non-hydrogen) atoms. The maximum absolute atomic E-state index is 13.0. The molecule has 0 saturated carbocycles. The van der Waals surface area contributed by atoms with E-state index >= 15 is 0 Å². The van der Waals surface area contributed by atoms with Gasteiger partial charge in [0.15, 0.2) is 0 Å². The number of aromatic nitrogens is 2. The lowest BCUT2D eigenvalue weighted by molar-refractivity contribution is 0.208. The van der Waals surface area contributed by atoms with E-state index in [1.54, 1.807) is 35.2 Å². The van der Waals surface area contributed by atoms with Gasteiger partial charge in [-0.1, -0.05) is 35.3 Å². The largest absolute Gasteiger partial charge is 0.343 e. The van der Waals surface area contributed by atoms with Crippen LogP contribution in [-0.2, 0) is 6.42 Å². The number of carbonyl (C=O) groups excluding carboxylic acids is 1. The van der Waals surface area contributed by atoms with Crippen LogP contribution in [0.1, 0.15) is 11.4 Å². The van der Waals surface area contributed by atoms with Crippen LogP contribution < -0.4 is 10.2 Å². The first-order chi connectivity index (χ1) is 14.5. The van der Waals surface area contributed by atoms with Gasteiger partial charge in [-0.15, -0.1) is 0 Å². The highest BCUT2D eigenvalue weighted by atomic mass is 35.5. The van der Waals surface area contributed by atoms with Gasteiger partial charge in [0.2, 0.25) is 5.13 Å². The molecular formula is C20H18Cl2FN5OS. The molecule has 1 aliphatic heterocycles. The van der Waals surface area contributed by atoms with Crippen molar-refractivity contribution >= 4 is 51.6 Å². The van der Waals surface area contributed by atoms with Crippen molar-refractivity contribution in [2.24, 2.45) is 0 Å². The number of piperazine rings is 1. The number of nitrogens with zero attached hydrogens (tertiary/aromatic N) is 4. The summed E-state index contributed by atoms with van der Waals surface area (Å²) in [4.78, 5) is 21.0. The van der Waals surface area contributed by atoms with Gasteiger partial charge in [-0.25, -0.2) is 14.2 Å². The molecular weight excluding hydrogens is 448 g/mol. The highest BCUT2D eigenvalue weighted by Gasteiger charge is 2.23. The van der Waals surface area contributed by atoms with Crippen LogP contribution in [-0.4, -0.2) is 46.5 Å². The first-order valence-electron chi connectivity index (χ1n) is 9.31. The van der Waals surface area contributed by atoms with E-state index in [-0.39, 0.29) is 11.8 Å². The molecule has 1 aromatic heterocycles. The molecule has 1 saturated heterocycles. The summed E-state index contributed by atoms with van der Waals surface area (Å²) in [6.45, 7) is 2.47. The molecule has 3 aromatic rings. The smallest absolute Gasteiger partial charge is 0.321 e. The predicted octanol–water partition coefficient (Wildman–Crippen LogP) is 4.93. The van der Waals surface area contributed by atoms with Crippen molar-refractivity contribution < 1.29 is 9.18 Å². The Morgan fingerprint density at radius 2 is 1.80 bits per heavy atom. The van der Waals surface area contributed by atoms with Gasteiger partial charge >= 0.3 is 6.03 Å². The van der Waals surface area contributed by atoms with Crippen LogP contribution in [0.15, 0.2) is 42.5 Å². The van der Waals surface area contributed by atoms with Crippen LogP contribution in [0.5, 0.6) is 0 Å². The average Bonchev–Trinajstić information content (AvgIpc) is 3.21.